The summed E-state index contributed by atoms with van der Waals surface area (Å²) in [5.41, 5.74) is 0. The van der Waals surface area contributed by atoms with E-state index in [4.69, 9.17) is 0 Å². The third-order valence-corrected chi connectivity index (χ3v) is 5.09. The fourth-order valence-electron chi connectivity index (χ4n) is 1.70. The van der Waals surface area contributed by atoms with Crippen LogP contribution >= 0.6 is 0 Å². The Morgan fingerprint density at radius 1 is 1.00 bits per heavy atom. The summed E-state index contributed by atoms with van der Waals surface area (Å²) in [6.45, 7) is 2.40. The first-order chi connectivity index (χ1) is 6.62. The lowest BCUT2D eigenvalue weighted by Gasteiger charge is -2.36. The second kappa shape index (κ2) is 4.00. The van der Waals surface area contributed by atoms with Gasteiger partial charge in [0.25, 0.3) is 0 Å². The molecule has 0 aromatic heterocycles. The van der Waals surface area contributed by atoms with E-state index in [1.165, 1.54) is 8.61 Å². The molecular formula is C7H16N2O4S2. The van der Waals surface area contributed by atoms with Crippen molar-refractivity contribution in [1.29, 1.82) is 0 Å². The molecule has 1 unspecified atom stereocenters. The van der Waals surface area contributed by atoms with Crippen LogP contribution in [0.5, 0.6) is 0 Å². The number of hydrogen-bond donors (Lipinski definition) is 0. The van der Waals surface area contributed by atoms with Crippen molar-refractivity contribution >= 4 is 20.0 Å². The lowest BCUT2D eigenvalue weighted by molar-refractivity contribution is 0.214. The van der Waals surface area contributed by atoms with Gasteiger partial charge in [-0.25, -0.2) is 16.8 Å². The van der Waals surface area contributed by atoms with Gasteiger partial charge in [0.1, 0.15) is 0 Å². The highest BCUT2D eigenvalue weighted by Crippen LogP contribution is 2.14. The van der Waals surface area contributed by atoms with E-state index in [1.54, 1.807) is 6.92 Å². The normalized spacial score (nSPS) is 26.7. The van der Waals surface area contributed by atoms with Crippen LogP contribution in [0.15, 0.2) is 0 Å². The summed E-state index contributed by atoms with van der Waals surface area (Å²) in [5.74, 6) is 0. The third kappa shape index (κ3) is 3.13. The summed E-state index contributed by atoms with van der Waals surface area (Å²) >= 11 is 0. The number of piperazine rings is 1. The van der Waals surface area contributed by atoms with Gasteiger partial charge in [-0.2, -0.15) is 8.61 Å². The van der Waals surface area contributed by atoms with E-state index in [0.717, 1.165) is 12.5 Å². The van der Waals surface area contributed by atoms with Crippen molar-refractivity contribution in [3.63, 3.8) is 0 Å². The molecule has 1 aliphatic heterocycles. The Kier molecular flexibility index (Phi) is 3.44. The van der Waals surface area contributed by atoms with Crippen molar-refractivity contribution in [1.82, 2.24) is 8.61 Å². The minimum Gasteiger partial charge on any atom is -0.213 e. The largest absolute Gasteiger partial charge is 0.213 e. The standard InChI is InChI=1S/C7H16N2O4S2/c1-7-6-8(14(2,10)11)4-5-9(7)15(3,12)13/h7H,4-6H2,1-3H3. The van der Waals surface area contributed by atoms with E-state index < -0.39 is 20.0 Å². The summed E-state index contributed by atoms with van der Waals surface area (Å²) < 4.78 is 47.7. The zero-order valence-corrected chi connectivity index (χ0v) is 10.7. The SMILES string of the molecule is CC1CN(S(C)(=O)=O)CCN1S(C)(=O)=O. The Morgan fingerprint density at radius 2 is 1.53 bits per heavy atom. The highest BCUT2D eigenvalue weighted by atomic mass is 32.2. The molecule has 0 saturated carbocycles. The Bertz CT molecular complexity index is 428. The lowest BCUT2D eigenvalue weighted by atomic mass is 10.3. The van der Waals surface area contributed by atoms with Gasteiger partial charge >= 0.3 is 0 Å². The first-order valence-electron chi connectivity index (χ1n) is 4.54. The van der Waals surface area contributed by atoms with E-state index in [2.05, 4.69) is 0 Å². The summed E-state index contributed by atoms with van der Waals surface area (Å²) in [6.07, 6.45) is 2.27. The van der Waals surface area contributed by atoms with Gasteiger partial charge in [-0.1, -0.05) is 0 Å². The maximum atomic E-state index is 11.3. The minimum atomic E-state index is -3.23. The first kappa shape index (κ1) is 12.9. The Morgan fingerprint density at radius 3 is 1.87 bits per heavy atom. The number of hydrogen-bond acceptors (Lipinski definition) is 4. The zero-order valence-electron chi connectivity index (χ0n) is 9.04. The average Bonchev–Trinajstić information content (AvgIpc) is 1.99. The molecule has 0 N–H and O–H groups in total. The van der Waals surface area contributed by atoms with Crippen LogP contribution in [-0.2, 0) is 20.0 Å². The van der Waals surface area contributed by atoms with Crippen molar-refractivity contribution in [3.05, 3.63) is 0 Å². The van der Waals surface area contributed by atoms with Gasteiger partial charge in [-0.05, 0) is 6.92 Å². The molecule has 0 spiro atoms. The van der Waals surface area contributed by atoms with Crippen LogP contribution in [0.2, 0.25) is 0 Å². The predicted octanol–water partition coefficient (Wildman–Crippen LogP) is -1.09. The van der Waals surface area contributed by atoms with Crippen molar-refractivity contribution in [2.75, 3.05) is 32.1 Å². The first-order valence-corrected chi connectivity index (χ1v) is 8.24. The summed E-state index contributed by atoms with van der Waals surface area (Å²) in [6, 6.07) is -0.302. The van der Waals surface area contributed by atoms with Crippen LogP contribution in [0.4, 0.5) is 0 Å². The average molecular weight is 256 g/mol. The van der Waals surface area contributed by atoms with Crippen molar-refractivity contribution in [3.8, 4) is 0 Å². The Labute approximate surface area is 91.0 Å². The number of rotatable bonds is 2. The molecule has 90 valence electrons. The molecule has 15 heavy (non-hydrogen) atoms. The van der Waals surface area contributed by atoms with E-state index in [1.807, 2.05) is 0 Å². The van der Waals surface area contributed by atoms with Crippen molar-refractivity contribution in [2.24, 2.45) is 0 Å². The van der Waals surface area contributed by atoms with Crippen LogP contribution in [0.25, 0.3) is 0 Å². The van der Waals surface area contributed by atoms with Crippen LogP contribution in [0, 0.1) is 0 Å². The van der Waals surface area contributed by atoms with Crippen LogP contribution < -0.4 is 0 Å². The second-order valence-electron chi connectivity index (χ2n) is 3.84. The van der Waals surface area contributed by atoms with Gasteiger partial charge in [0.15, 0.2) is 0 Å². The molecule has 6 nitrogen and oxygen atoms in total. The van der Waals surface area contributed by atoms with E-state index in [0.29, 0.717) is 0 Å². The molecule has 0 aromatic rings. The fraction of sp³-hybridized carbons (Fsp3) is 1.00. The highest BCUT2D eigenvalue weighted by molar-refractivity contribution is 7.88. The third-order valence-electron chi connectivity index (χ3n) is 2.42. The monoisotopic (exact) mass is 256 g/mol. The van der Waals surface area contributed by atoms with E-state index in [-0.39, 0.29) is 25.7 Å². The van der Waals surface area contributed by atoms with Gasteiger partial charge in [0, 0.05) is 25.7 Å². The molecule has 0 radical (unpaired) electrons. The van der Waals surface area contributed by atoms with Crippen molar-refractivity contribution < 1.29 is 16.8 Å². The van der Waals surface area contributed by atoms with Gasteiger partial charge in [0.05, 0.1) is 12.5 Å². The molecule has 1 atom stereocenters. The number of sulfonamides is 2. The molecule has 0 aliphatic carbocycles. The number of nitrogens with zero attached hydrogens (tertiary/aromatic N) is 2. The molecule has 8 heteroatoms. The Hall–Kier alpha value is -0.180. The van der Waals surface area contributed by atoms with Crippen LogP contribution in [-0.4, -0.2) is 63.6 Å². The minimum absolute atomic E-state index is 0.228. The molecule has 1 fully saturated rings. The summed E-state index contributed by atoms with van der Waals surface area (Å²) in [5, 5.41) is 0. The smallest absolute Gasteiger partial charge is 0.211 e. The summed E-state index contributed by atoms with van der Waals surface area (Å²) in [4.78, 5) is 0. The second-order valence-corrected chi connectivity index (χ2v) is 7.76. The van der Waals surface area contributed by atoms with Crippen LogP contribution in [0.1, 0.15) is 6.92 Å². The highest BCUT2D eigenvalue weighted by Gasteiger charge is 2.32. The lowest BCUT2D eigenvalue weighted by Crippen LogP contribution is -2.54. The molecular weight excluding hydrogens is 240 g/mol. The molecule has 1 rings (SSSR count). The molecule has 1 heterocycles. The van der Waals surface area contributed by atoms with Crippen molar-refractivity contribution in [2.45, 2.75) is 13.0 Å². The summed E-state index contributed by atoms with van der Waals surface area (Å²) in [7, 11) is -6.45. The predicted molar refractivity (Wildman–Crippen MR) is 57.4 cm³/mol. The van der Waals surface area contributed by atoms with Crippen LogP contribution in [0.3, 0.4) is 0 Å². The molecule has 0 bridgehead atoms. The van der Waals surface area contributed by atoms with Gasteiger partial charge in [-0.15, -0.1) is 0 Å². The van der Waals surface area contributed by atoms with Gasteiger partial charge in [0.2, 0.25) is 20.0 Å². The topological polar surface area (TPSA) is 74.8 Å². The van der Waals surface area contributed by atoms with Gasteiger partial charge < -0.3 is 0 Å². The maximum absolute atomic E-state index is 11.3. The van der Waals surface area contributed by atoms with Gasteiger partial charge in [-0.3, -0.25) is 0 Å². The fourth-order valence-corrected chi connectivity index (χ4v) is 3.73. The molecule has 1 saturated heterocycles. The molecule has 0 amide bonds. The zero-order chi connectivity index (χ0) is 11.9. The van der Waals surface area contributed by atoms with E-state index in [9.17, 15) is 16.8 Å². The quantitative estimate of drug-likeness (QED) is 0.629. The molecule has 0 aromatic carbocycles. The van der Waals surface area contributed by atoms with E-state index >= 15 is 0 Å². The Balaban J connectivity index is 2.81. The molecule has 1 aliphatic rings. The maximum Gasteiger partial charge on any atom is 0.211 e.